The average molecular weight is 168 g/mol. The van der Waals surface area contributed by atoms with Crippen LogP contribution in [0.5, 0.6) is 11.5 Å². The Labute approximate surface area is 71.6 Å². The van der Waals surface area contributed by atoms with Crippen LogP contribution in [0.25, 0.3) is 0 Å². The van der Waals surface area contributed by atoms with Gasteiger partial charge in [-0.15, -0.1) is 0 Å². The van der Waals surface area contributed by atoms with Crippen molar-refractivity contribution >= 4 is 6.29 Å². The summed E-state index contributed by atoms with van der Waals surface area (Å²) >= 11 is 0. The summed E-state index contributed by atoms with van der Waals surface area (Å²) in [5, 5.41) is 9.23. The Morgan fingerprint density at radius 1 is 1.50 bits per heavy atom. The van der Waals surface area contributed by atoms with E-state index in [0.717, 1.165) is 0 Å². The van der Waals surface area contributed by atoms with Gasteiger partial charge in [0.25, 0.3) is 0 Å². The summed E-state index contributed by atoms with van der Waals surface area (Å²) in [6.07, 6.45) is 0.581. The number of rotatable bonds is 2. The zero-order valence-electron chi connectivity index (χ0n) is 6.07. The molecule has 0 aliphatic rings. The predicted molar refractivity (Wildman–Crippen MR) is 46.8 cm³/mol. The molecule has 12 heavy (non-hydrogen) atoms. The van der Waals surface area contributed by atoms with Crippen molar-refractivity contribution in [3.63, 3.8) is 0 Å². The SMILES string of the molecule is C.COc1cccc(C=O)c1O. The Morgan fingerprint density at radius 3 is 2.67 bits per heavy atom. The third-order valence-electron chi connectivity index (χ3n) is 1.38. The standard InChI is InChI=1S/C8H8O3.CH4/c1-11-7-4-2-3-6(5-9)8(7)10;/h2-5,10H,1H3;1H4. The number of para-hydroxylation sites is 1. The quantitative estimate of drug-likeness (QED) is 0.685. The molecule has 1 rings (SSSR count). The van der Waals surface area contributed by atoms with Crippen LogP contribution in [0.2, 0.25) is 0 Å². The van der Waals surface area contributed by atoms with E-state index in [9.17, 15) is 9.90 Å². The Hall–Kier alpha value is -1.51. The van der Waals surface area contributed by atoms with Crippen molar-refractivity contribution < 1.29 is 14.6 Å². The molecule has 66 valence electrons. The average Bonchev–Trinajstić information content (AvgIpc) is 2.05. The molecule has 0 aliphatic heterocycles. The smallest absolute Gasteiger partial charge is 0.168 e. The molecule has 0 saturated heterocycles. The lowest BCUT2D eigenvalue weighted by Crippen LogP contribution is -1.86. The van der Waals surface area contributed by atoms with E-state index in [-0.39, 0.29) is 18.7 Å². The second-order valence-corrected chi connectivity index (χ2v) is 2.02. The maximum Gasteiger partial charge on any atom is 0.168 e. The molecule has 1 aromatic carbocycles. The van der Waals surface area contributed by atoms with Crippen LogP contribution in [0.15, 0.2) is 18.2 Å². The number of hydrogen-bond donors (Lipinski definition) is 1. The maximum absolute atomic E-state index is 10.3. The summed E-state index contributed by atoms with van der Waals surface area (Å²) in [5.41, 5.74) is 0.240. The molecule has 0 unspecified atom stereocenters. The molecule has 3 nitrogen and oxygen atoms in total. The molecular weight excluding hydrogens is 156 g/mol. The fourth-order valence-electron chi connectivity index (χ4n) is 0.799. The summed E-state index contributed by atoms with van der Waals surface area (Å²) in [5.74, 6) is 0.208. The summed E-state index contributed by atoms with van der Waals surface area (Å²) in [6.45, 7) is 0. The zero-order chi connectivity index (χ0) is 8.27. The minimum atomic E-state index is -0.106. The number of aromatic hydroxyl groups is 1. The minimum Gasteiger partial charge on any atom is -0.504 e. The highest BCUT2D eigenvalue weighted by Gasteiger charge is 2.04. The first-order valence-electron chi connectivity index (χ1n) is 3.10. The monoisotopic (exact) mass is 168 g/mol. The summed E-state index contributed by atoms with van der Waals surface area (Å²) in [4.78, 5) is 10.3. The molecule has 0 atom stereocenters. The van der Waals surface area contributed by atoms with E-state index >= 15 is 0 Å². The van der Waals surface area contributed by atoms with Gasteiger partial charge in [0.2, 0.25) is 0 Å². The van der Waals surface area contributed by atoms with Crippen LogP contribution < -0.4 is 4.74 Å². The van der Waals surface area contributed by atoms with Crippen molar-refractivity contribution in [1.29, 1.82) is 0 Å². The van der Waals surface area contributed by atoms with Gasteiger partial charge < -0.3 is 9.84 Å². The van der Waals surface area contributed by atoms with Gasteiger partial charge in [0, 0.05) is 0 Å². The third kappa shape index (κ3) is 1.75. The number of phenolic OH excluding ortho intramolecular Hbond substituents is 1. The van der Waals surface area contributed by atoms with Gasteiger partial charge in [-0.25, -0.2) is 0 Å². The van der Waals surface area contributed by atoms with E-state index in [2.05, 4.69) is 0 Å². The number of hydrogen-bond acceptors (Lipinski definition) is 3. The van der Waals surface area contributed by atoms with Crippen LogP contribution in [-0.2, 0) is 0 Å². The van der Waals surface area contributed by atoms with Gasteiger partial charge >= 0.3 is 0 Å². The van der Waals surface area contributed by atoms with Crippen molar-refractivity contribution in [2.75, 3.05) is 7.11 Å². The van der Waals surface area contributed by atoms with E-state index in [1.54, 1.807) is 12.1 Å². The number of phenols is 1. The van der Waals surface area contributed by atoms with Gasteiger partial charge in [-0.3, -0.25) is 4.79 Å². The molecule has 0 amide bonds. The molecule has 0 bridgehead atoms. The number of carbonyl (C=O) groups excluding carboxylic acids is 1. The minimum absolute atomic E-state index is 0. The van der Waals surface area contributed by atoms with Crippen molar-refractivity contribution in [2.45, 2.75) is 7.43 Å². The molecule has 1 N–H and O–H groups in total. The zero-order valence-corrected chi connectivity index (χ0v) is 6.07. The molecule has 0 heterocycles. The maximum atomic E-state index is 10.3. The van der Waals surface area contributed by atoms with Crippen LogP contribution in [0.1, 0.15) is 17.8 Å². The van der Waals surface area contributed by atoms with Crippen LogP contribution in [0.3, 0.4) is 0 Å². The Kier molecular flexibility index (Phi) is 3.83. The summed E-state index contributed by atoms with van der Waals surface area (Å²) in [7, 11) is 1.43. The van der Waals surface area contributed by atoms with Crippen LogP contribution >= 0.6 is 0 Å². The Balaban J connectivity index is 0.00000121. The lowest BCUT2D eigenvalue weighted by molar-refractivity contribution is 0.112. The second-order valence-electron chi connectivity index (χ2n) is 2.02. The molecule has 3 heteroatoms. The molecule has 0 aromatic heterocycles. The van der Waals surface area contributed by atoms with Crippen molar-refractivity contribution in [3.8, 4) is 11.5 Å². The van der Waals surface area contributed by atoms with Gasteiger partial charge in [0.15, 0.2) is 17.8 Å². The molecule has 1 aromatic rings. The lowest BCUT2D eigenvalue weighted by Gasteiger charge is -2.02. The van der Waals surface area contributed by atoms with Crippen LogP contribution in [0, 0.1) is 0 Å². The fourth-order valence-corrected chi connectivity index (χ4v) is 0.799. The molecule has 0 radical (unpaired) electrons. The topological polar surface area (TPSA) is 46.5 Å². The fraction of sp³-hybridized carbons (Fsp3) is 0.222. The highest BCUT2D eigenvalue weighted by atomic mass is 16.5. The Morgan fingerprint density at radius 2 is 2.17 bits per heavy atom. The van der Waals surface area contributed by atoms with Crippen LogP contribution in [-0.4, -0.2) is 18.5 Å². The highest BCUT2D eigenvalue weighted by molar-refractivity contribution is 5.80. The van der Waals surface area contributed by atoms with E-state index in [0.29, 0.717) is 12.0 Å². The number of ether oxygens (including phenoxy) is 1. The normalized spacial score (nSPS) is 8.42. The van der Waals surface area contributed by atoms with Crippen molar-refractivity contribution in [3.05, 3.63) is 23.8 Å². The first-order valence-corrected chi connectivity index (χ1v) is 3.10. The largest absolute Gasteiger partial charge is 0.504 e. The highest BCUT2D eigenvalue weighted by Crippen LogP contribution is 2.27. The van der Waals surface area contributed by atoms with Crippen molar-refractivity contribution in [1.82, 2.24) is 0 Å². The van der Waals surface area contributed by atoms with Gasteiger partial charge in [-0.05, 0) is 12.1 Å². The first-order chi connectivity index (χ1) is 5.29. The molecular formula is C9H12O3. The number of carbonyl (C=O) groups is 1. The molecule has 0 saturated carbocycles. The number of benzene rings is 1. The van der Waals surface area contributed by atoms with Gasteiger partial charge in [0.05, 0.1) is 12.7 Å². The summed E-state index contributed by atoms with van der Waals surface area (Å²) < 4.78 is 4.78. The predicted octanol–water partition coefficient (Wildman–Crippen LogP) is 1.85. The van der Waals surface area contributed by atoms with Crippen molar-refractivity contribution in [2.24, 2.45) is 0 Å². The molecule has 0 fully saturated rings. The molecule has 0 spiro atoms. The van der Waals surface area contributed by atoms with E-state index in [1.165, 1.54) is 13.2 Å². The van der Waals surface area contributed by atoms with E-state index < -0.39 is 0 Å². The number of aldehydes is 1. The summed E-state index contributed by atoms with van der Waals surface area (Å²) in [6, 6.07) is 4.75. The van der Waals surface area contributed by atoms with Gasteiger partial charge in [0.1, 0.15) is 0 Å². The van der Waals surface area contributed by atoms with E-state index in [1.807, 2.05) is 0 Å². The van der Waals surface area contributed by atoms with Gasteiger partial charge in [-0.1, -0.05) is 13.5 Å². The van der Waals surface area contributed by atoms with E-state index in [4.69, 9.17) is 4.74 Å². The second kappa shape index (κ2) is 4.38. The van der Waals surface area contributed by atoms with Gasteiger partial charge in [-0.2, -0.15) is 0 Å². The third-order valence-corrected chi connectivity index (χ3v) is 1.38. The lowest BCUT2D eigenvalue weighted by atomic mass is 10.2. The number of methoxy groups -OCH3 is 1. The Bertz CT molecular complexity index is 268. The first kappa shape index (κ1) is 10.5. The van der Waals surface area contributed by atoms with Crippen LogP contribution in [0.4, 0.5) is 0 Å². The molecule has 0 aliphatic carbocycles.